The summed E-state index contributed by atoms with van der Waals surface area (Å²) in [5, 5.41) is 6.33. The summed E-state index contributed by atoms with van der Waals surface area (Å²) in [7, 11) is 1.97. The fourth-order valence-corrected chi connectivity index (χ4v) is 3.50. The van der Waals surface area contributed by atoms with E-state index in [9.17, 15) is 9.00 Å². The van der Waals surface area contributed by atoms with Crippen LogP contribution in [0.25, 0.3) is 0 Å². The lowest BCUT2D eigenvalue weighted by atomic mass is 10.2. The van der Waals surface area contributed by atoms with Crippen molar-refractivity contribution in [3.63, 3.8) is 0 Å². The molecule has 0 spiro atoms. The number of amides is 1. The van der Waals surface area contributed by atoms with E-state index in [1.165, 1.54) is 17.2 Å². The molecule has 178 valence electrons. The van der Waals surface area contributed by atoms with E-state index in [0.717, 1.165) is 11.4 Å². The second-order valence-electron chi connectivity index (χ2n) is 7.13. The van der Waals surface area contributed by atoms with Crippen LogP contribution < -0.4 is 20.3 Å². The van der Waals surface area contributed by atoms with Crippen molar-refractivity contribution in [1.29, 1.82) is 0 Å². The third-order valence-corrected chi connectivity index (χ3v) is 5.65. The van der Waals surface area contributed by atoms with Crippen molar-refractivity contribution in [2.45, 2.75) is 4.90 Å². The fraction of sp³-hybridized carbons (Fsp3) is 0.208. The van der Waals surface area contributed by atoms with Gasteiger partial charge in [0.2, 0.25) is 11.9 Å². The summed E-state index contributed by atoms with van der Waals surface area (Å²) < 4.78 is 22.8. The average Bonchev–Trinajstić information content (AvgIpc) is 2.84. The van der Waals surface area contributed by atoms with Crippen molar-refractivity contribution in [2.75, 3.05) is 49.2 Å². The zero-order valence-corrected chi connectivity index (χ0v) is 20.1. The molecule has 3 rings (SSSR count). The number of rotatable bonds is 11. The zero-order chi connectivity index (χ0) is 24.5. The number of ether oxygens (including phenoxy) is 2. The van der Waals surface area contributed by atoms with Gasteiger partial charge in [-0.1, -0.05) is 12.6 Å². The van der Waals surface area contributed by atoms with Crippen LogP contribution in [0.2, 0.25) is 0 Å². The van der Waals surface area contributed by atoms with Gasteiger partial charge in [0, 0.05) is 37.5 Å². The SMILES string of the molecule is C=CC(=O)N(C)c1cccc(Nc2nc(Nc3ccc(OCCOC)cc3)ncc2S(C)=O)c1. The summed E-state index contributed by atoms with van der Waals surface area (Å²) in [6.45, 7) is 4.50. The van der Waals surface area contributed by atoms with Crippen molar-refractivity contribution in [3.8, 4) is 5.75 Å². The van der Waals surface area contributed by atoms with E-state index >= 15 is 0 Å². The monoisotopic (exact) mass is 481 g/mol. The normalized spacial score (nSPS) is 11.4. The second-order valence-corrected chi connectivity index (χ2v) is 8.48. The summed E-state index contributed by atoms with van der Waals surface area (Å²) >= 11 is 0. The molecule has 34 heavy (non-hydrogen) atoms. The summed E-state index contributed by atoms with van der Waals surface area (Å²) in [6, 6.07) is 14.6. The van der Waals surface area contributed by atoms with Gasteiger partial charge in [0.25, 0.3) is 0 Å². The molecule has 2 N–H and O–H groups in total. The largest absolute Gasteiger partial charge is 0.491 e. The quantitative estimate of drug-likeness (QED) is 0.314. The highest BCUT2D eigenvalue weighted by Crippen LogP contribution is 2.26. The smallest absolute Gasteiger partial charge is 0.250 e. The Morgan fingerprint density at radius 3 is 2.59 bits per heavy atom. The minimum Gasteiger partial charge on any atom is -0.491 e. The molecule has 0 aliphatic rings. The van der Waals surface area contributed by atoms with Gasteiger partial charge in [-0.2, -0.15) is 4.98 Å². The number of aromatic nitrogens is 2. The van der Waals surface area contributed by atoms with Crippen LogP contribution in [0.1, 0.15) is 0 Å². The lowest BCUT2D eigenvalue weighted by Gasteiger charge is -2.17. The van der Waals surface area contributed by atoms with Gasteiger partial charge in [-0.3, -0.25) is 9.00 Å². The summed E-state index contributed by atoms with van der Waals surface area (Å²) in [5.74, 6) is 1.23. The molecule has 1 aromatic heterocycles. The lowest BCUT2D eigenvalue weighted by Crippen LogP contribution is -2.23. The van der Waals surface area contributed by atoms with Gasteiger partial charge in [0.1, 0.15) is 12.4 Å². The minimum atomic E-state index is -1.32. The Kier molecular flexibility index (Phi) is 8.72. The predicted molar refractivity (Wildman–Crippen MR) is 135 cm³/mol. The molecule has 3 aromatic rings. The topological polar surface area (TPSA) is 106 Å². The molecule has 2 aromatic carbocycles. The van der Waals surface area contributed by atoms with Crippen LogP contribution in [0.4, 0.5) is 28.8 Å². The highest BCUT2D eigenvalue weighted by atomic mass is 32.2. The van der Waals surface area contributed by atoms with Crippen molar-refractivity contribution in [2.24, 2.45) is 0 Å². The molecular formula is C24H27N5O4S. The van der Waals surface area contributed by atoms with Crippen molar-refractivity contribution in [1.82, 2.24) is 9.97 Å². The lowest BCUT2D eigenvalue weighted by molar-refractivity contribution is -0.113. The Labute approximate surface area is 201 Å². The first-order valence-corrected chi connectivity index (χ1v) is 11.9. The number of hydrogen-bond donors (Lipinski definition) is 2. The fourth-order valence-electron chi connectivity index (χ4n) is 2.93. The summed E-state index contributed by atoms with van der Waals surface area (Å²) in [4.78, 5) is 22.7. The van der Waals surface area contributed by atoms with Crippen LogP contribution in [0.5, 0.6) is 5.75 Å². The van der Waals surface area contributed by atoms with E-state index < -0.39 is 10.8 Å². The van der Waals surface area contributed by atoms with E-state index in [1.807, 2.05) is 36.4 Å². The standard InChI is InChI=1S/C24H27N5O4S/c1-5-22(30)29(2)19-8-6-7-18(15-19)26-23-21(34(4)31)16-25-24(28-23)27-17-9-11-20(12-10-17)33-14-13-32-3/h5-12,15-16H,1,13-14H2,2-4H3,(H2,25,26,27,28). The first-order valence-electron chi connectivity index (χ1n) is 10.4. The highest BCUT2D eigenvalue weighted by Gasteiger charge is 2.13. The van der Waals surface area contributed by atoms with Crippen LogP contribution >= 0.6 is 0 Å². The number of anilines is 5. The maximum atomic E-state index is 12.3. The molecule has 10 heteroatoms. The van der Waals surface area contributed by atoms with Crippen LogP contribution in [0.3, 0.4) is 0 Å². The van der Waals surface area contributed by atoms with Gasteiger partial charge in [-0.15, -0.1) is 0 Å². The van der Waals surface area contributed by atoms with Gasteiger partial charge in [0.15, 0.2) is 5.82 Å². The van der Waals surface area contributed by atoms with Crippen LogP contribution in [-0.4, -0.2) is 53.7 Å². The molecule has 0 fully saturated rings. The zero-order valence-electron chi connectivity index (χ0n) is 19.3. The molecule has 0 saturated carbocycles. The van der Waals surface area contributed by atoms with Crippen LogP contribution in [-0.2, 0) is 20.3 Å². The third-order valence-electron chi connectivity index (χ3n) is 4.73. The second kappa shape index (κ2) is 11.9. The maximum absolute atomic E-state index is 12.3. The van der Waals surface area contributed by atoms with E-state index in [0.29, 0.717) is 41.3 Å². The minimum absolute atomic E-state index is 0.226. The van der Waals surface area contributed by atoms with E-state index in [1.54, 1.807) is 32.5 Å². The molecule has 0 radical (unpaired) electrons. The molecule has 0 bridgehead atoms. The van der Waals surface area contributed by atoms with Crippen molar-refractivity contribution in [3.05, 3.63) is 67.4 Å². The number of carbonyl (C=O) groups excluding carboxylic acids is 1. The van der Waals surface area contributed by atoms with E-state index in [4.69, 9.17) is 9.47 Å². The van der Waals surface area contributed by atoms with E-state index in [2.05, 4.69) is 27.2 Å². The number of methoxy groups -OCH3 is 1. The molecular weight excluding hydrogens is 454 g/mol. The molecule has 0 saturated heterocycles. The van der Waals surface area contributed by atoms with Crippen LogP contribution in [0, 0.1) is 0 Å². The molecule has 9 nitrogen and oxygen atoms in total. The average molecular weight is 482 g/mol. The summed E-state index contributed by atoms with van der Waals surface area (Å²) in [5.41, 5.74) is 2.12. The van der Waals surface area contributed by atoms with Gasteiger partial charge in [-0.25, -0.2) is 4.98 Å². The number of carbonyl (C=O) groups is 1. The Morgan fingerprint density at radius 1 is 1.15 bits per heavy atom. The number of likely N-dealkylation sites (N-methyl/N-ethyl adjacent to an activating group) is 1. The molecule has 0 aliphatic carbocycles. The summed E-state index contributed by atoms with van der Waals surface area (Å²) in [6.07, 6.45) is 4.33. The first-order chi connectivity index (χ1) is 16.4. The van der Waals surface area contributed by atoms with E-state index in [-0.39, 0.29) is 5.91 Å². The highest BCUT2D eigenvalue weighted by molar-refractivity contribution is 7.84. The molecule has 1 atom stereocenters. The maximum Gasteiger partial charge on any atom is 0.250 e. The molecule has 1 amide bonds. The number of nitrogens with zero attached hydrogens (tertiary/aromatic N) is 3. The Morgan fingerprint density at radius 2 is 1.91 bits per heavy atom. The first kappa shape index (κ1) is 24.9. The molecule has 0 aliphatic heterocycles. The molecule has 1 unspecified atom stereocenters. The van der Waals surface area contributed by atoms with Gasteiger partial charge in [0.05, 0.1) is 28.5 Å². The van der Waals surface area contributed by atoms with Crippen molar-refractivity contribution < 1.29 is 18.5 Å². The Hall–Kier alpha value is -3.76. The van der Waals surface area contributed by atoms with Crippen molar-refractivity contribution >= 4 is 45.5 Å². The Bertz CT molecular complexity index is 1170. The van der Waals surface area contributed by atoms with Gasteiger partial charge < -0.3 is 25.0 Å². The number of nitrogens with one attached hydrogen (secondary N) is 2. The van der Waals surface area contributed by atoms with Gasteiger partial charge in [-0.05, 0) is 48.5 Å². The third kappa shape index (κ3) is 6.63. The number of benzene rings is 2. The Balaban J connectivity index is 1.80. The number of hydrogen-bond acceptors (Lipinski definition) is 8. The predicted octanol–water partition coefficient (Wildman–Crippen LogP) is 3.88. The van der Waals surface area contributed by atoms with Gasteiger partial charge >= 0.3 is 0 Å². The molecule has 1 heterocycles. The van der Waals surface area contributed by atoms with Crippen LogP contribution in [0.15, 0.2) is 72.3 Å².